The van der Waals surface area contributed by atoms with Crippen LogP contribution in [0.2, 0.25) is 0 Å². The number of nitrogens with zero attached hydrogens (tertiary/aromatic N) is 3. The van der Waals surface area contributed by atoms with Crippen LogP contribution in [0.25, 0.3) is 0 Å². The fraction of sp³-hybridized carbons (Fsp3) is 0.536. The molecule has 2 saturated heterocycles. The minimum Gasteiger partial charge on any atom is -0.493 e. The normalized spacial score (nSPS) is 21.4. The van der Waals surface area contributed by atoms with Gasteiger partial charge in [-0.3, -0.25) is 9.80 Å². The summed E-state index contributed by atoms with van der Waals surface area (Å²) in [7, 11) is 0. The SMILES string of the molecule is CC1CCC(COc2cccc(CN3CCCC3)c2)CN1CCNC(=NCO)c1ccc(F)c(F)c1F. The lowest BCUT2D eigenvalue weighted by molar-refractivity contribution is 0.0912. The lowest BCUT2D eigenvalue weighted by Crippen LogP contribution is -2.46. The van der Waals surface area contributed by atoms with Gasteiger partial charge in [0.25, 0.3) is 0 Å². The number of nitrogens with one attached hydrogen (secondary N) is 1. The summed E-state index contributed by atoms with van der Waals surface area (Å²) < 4.78 is 47.4. The summed E-state index contributed by atoms with van der Waals surface area (Å²) in [6, 6.07) is 10.7. The van der Waals surface area contributed by atoms with Crippen molar-refractivity contribution >= 4 is 5.84 Å². The molecule has 6 nitrogen and oxygen atoms in total. The minimum absolute atomic E-state index is 0.00254. The molecule has 2 atom stereocenters. The van der Waals surface area contributed by atoms with E-state index in [2.05, 4.69) is 45.2 Å². The molecule has 202 valence electrons. The molecule has 2 N–H and O–H groups in total. The maximum atomic E-state index is 14.2. The summed E-state index contributed by atoms with van der Waals surface area (Å²) in [5.41, 5.74) is 1.07. The summed E-state index contributed by atoms with van der Waals surface area (Å²) >= 11 is 0. The fourth-order valence-corrected chi connectivity index (χ4v) is 5.19. The first-order valence-corrected chi connectivity index (χ1v) is 13.2. The summed E-state index contributed by atoms with van der Waals surface area (Å²) in [4.78, 5) is 8.65. The molecule has 0 aliphatic carbocycles. The number of halogens is 3. The number of piperidine rings is 1. The van der Waals surface area contributed by atoms with Gasteiger partial charge >= 0.3 is 0 Å². The average molecular weight is 519 g/mol. The summed E-state index contributed by atoms with van der Waals surface area (Å²) in [6.07, 6.45) is 4.67. The molecule has 2 aromatic rings. The third kappa shape index (κ3) is 7.46. The number of aliphatic imine (C=N–C) groups is 1. The van der Waals surface area contributed by atoms with Gasteiger partial charge in [0.05, 0.1) is 12.2 Å². The zero-order chi connectivity index (χ0) is 26.2. The fourth-order valence-electron chi connectivity index (χ4n) is 5.19. The number of benzene rings is 2. The maximum absolute atomic E-state index is 14.2. The minimum atomic E-state index is -1.56. The first-order chi connectivity index (χ1) is 17.9. The van der Waals surface area contributed by atoms with E-state index in [1.165, 1.54) is 31.5 Å². The number of hydrogen-bond donors (Lipinski definition) is 2. The van der Waals surface area contributed by atoms with E-state index in [0.29, 0.717) is 31.7 Å². The third-order valence-electron chi connectivity index (χ3n) is 7.31. The highest BCUT2D eigenvalue weighted by Crippen LogP contribution is 2.24. The van der Waals surface area contributed by atoms with Gasteiger partial charge in [-0.05, 0) is 75.5 Å². The predicted octanol–water partition coefficient (Wildman–Crippen LogP) is 4.17. The van der Waals surface area contributed by atoms with E-state index in [1.807, 2.05) is 6.07 Å². The average Bonchev–Trinajstić information content (AvgIpc) is 3.40. The molecule has 0 amide bonds. The van der Waals surface area contributed by atoms with Crippen LogP contribution < -0.4 is 10.1 Å². The Morgan fingerprint density at radius 3 is 2.70 bits per heavy atom. The molecule has 0 bridgehead atoms. The molecule has 2 aromatic carbocycles. The Hall–Kier alpha value is -2.62. The van der Waals surface area contributed by atoms with Crippen molar-refractivity contribution in [3.63, 3.8) is 0 Å². The van der Waals surface area contributed by atoms with E-state index < -0.39 is 24.2 Å². The molecule has 9 heteroatoms. The summed E-state index contributed by atoms with van der Waals surface area (Å²) in [6.45, 7) is 7.44. The Morgan fingerprint density at radius 1 is 1.11 bits per heavy atom. The zero-order valence-corrected chi connectivity index (χ0v) is 21.4. The van der Waals surface area contributed by atoms with Crippen LogP contribution in [0.3, 0.4) is 0 Å². The van der Waals surface area contributed by atoms with Gasteiger partial charge < -0.3 is 15.2 Å². The quantitative estimate of drug-likeness (QED) is 0.281. The molecule has 37 heavy (non-hydrogen) atoms. The van der Waals surface area contributed by atoms with Crippen LogP contribution in [-0.2, 0) is 6.54 Å². The molecule has 4 rings (SSSR count). The number of amidine groups is 1. The van der Waals surface area contributed by atoms with Crippen LogP contribution >= 0.6 is 0 Å². The molecule has 0 spiro atoms. The maximum Gasteiger partial charge on any atom is 0.195 e. The highest BCUT2D eigenvalue weighted by atomic mass is 19.2. The van der Waals surface area contributed by atoms with E-state index in [9.17, 15) is 18.3 Å². The third-order valence-corrected chi connectivity index (χ3v) is 7.31. The number of hydrogen-bond acceptors (Lipinski definition) is 5. The lowest BCUT2D eigenvalue weighted by atomic mass is 9.94. The summed E-state index contributed by atoms with van der Waals surface area (Å²) in [5.74, 6) is -2.86. The van der Waals surface area contributed by atoms with Crippen LogP contribution in [-0.4, -0.2) is 72.8 Å². The van der Waals surface area contributed by atoms with Crippen molar-refractivity contribution in [2.45, 2.75) is 45.2 Å². The van der Waals surface area contributed by atoms with E-state index in [4.69, 9.17) is 4.74 Å². The Balaban J connectivity index is 1.27. The number of aliphatic hydroxyl groups is 1. The van der Waals surface area contributed by atoms with Crippen LogP contribution in [0, 0.1) is 23.4 Å². The number of aliphatic hydroxyl groups excluding tert-OH is 1. The van der Waals surface area contributed by atoms with Crippen molar-refractivity contribution in [1.82, 2.24) is 15.1 Å². The van der Waals surface area contributed by atoms with Crippen LogP contribution in [0.5, 0.6) is 5.75 Å². The lowest BCUT2D eigenvalue weighted by Gasteiger charge is -2.38. The Bertz CT molecular complexity index is 1060. The van der Waals surface area contributed by atoms with Gasteiger partial charge in [-0.25, -0.2) is 18.2 Å². The van der Waals surface area contributed by atoms with E-state index in [-0.39, 0.29) is 11.4 Å². The highest BCUT2D eigenvalue weighted by Gasteiger charge is 2.26. The first kappa shape index (κ1) is 27.4. The monoisotopic (exact) mass is 518 g/mol. The number of likely N-dealkylation sites (tertiary alicyclic amines) is 2. The molecule has 2 aliphatic rings. The second-order valence-corrected chi connectivity index (χ2v) is 10.0. The zero-order valence-electron chi connectivity index (χ0n) is 21.4. The van der Waals surface area contributed by atoms with Gasteiger partial charge in [0, 0.05) is 38.1 Å². The summed E-state index contributed by atoms with van der Waals surface area (Å²) in [5, 5.41) is 12.2. The van der Waals surface area contributed by atoms with Crippen molar-refractivity contribution in [2.24, 2.45) is 10.9 Å². The van der Waals surface area contributed by atoms with Crippen molar-refractivity contribution in [3.8, 4) is 5.75 Å². The standard InChI is InChI=1S/C28H37F3N4O2/c1-20-7-8-22(18-37-23-6-4-5-21(15-23)16-34-12-2-3-13-34)17-35(20)14-11-32-28(33-19-36)24-9-10-25(29)27(31)26(24)30/h4-6,9-10,15,20,22,36H,2-3,7-8,11-14,16-19H2,1H3,(H,32,33). The Kier molecular flexibility index (Phi) is 9.82. The van der Waals surface area contributed by atoms with Gasteiger partial charge in [-0.15, -0.1) is 0 Å². The van der Waals surface area contributed by atoms with Gasteiger partial charge in [0.2, 0.25) is 0 Å². The van der Waals surface area contributed by atoms with Crippen LogP contribution in [0.1, 0.15) is 43.7 Å². The Labute approximate surface area is 217 Å². The van der Waals surface area contributed by atoms with Gasteiger partial charge in [-0.1, -0.05) is 12.1 Å². The Morgan fingerprint density at radius 2 is 1.92 bits per heavy atom. The van der Waals surface area contributed by atoms with Gasteiger partial charge in [-0.2, -0.15) is 0 Å². The second-order valence-electron chi connectivity index (χ2n) is 10.0. The van der Waals surface area contributed by atoms with E-state index >= 15 is 0 Å². The van der Waals surface area contributed by atoms with Crippen LogP contribution in [0.4, 0.5) is 13.2 Å². The van der Waals surface area contributed by atoms with Crippen molar-refractivity contribution in [2.75, 3.05) is 46.1 Å². The number of ether oxygens (including phenoxy) is 1. The largest absolute Gasteiger partial charge is 0.493 e. The molecule has 2 unspecified atom stereocenters. The van der Waals surface area contributed by atoms with E-state index in [1.54, 1.807) is 0 Å². The molecule has 2 heterocycles. The topological polar surface area (TPSA) is 60.3 Å². The smallest absolute Gasteiger partial charge is 0.195 e. The molecule has 0 aromatic heterocycles. The van der Waals surface area contributed by atoms with Crippen molar-refractivity contribution in [1.29, 1.82) is 0 Å². The molecular weight excluding hydrogens is 481 g/mol. The van der Waals surface area contributed by atoms with Gasteiger partial charge in [0.15, 0.2) is 17.5 Å². The first-order valence-electron chi connectivity index (χ1n) is 13.2. The predicted molar refractivity (Wildman–Crippen MR) is 138 cm³/mol. The van der Waals surface area contributed by atoms with Crippen molar-refractivity contribution < 1.29 is 23.0 Å². The highest BCUT2D eigenvalue weighted by molar-refractivity contribution is 5.99. The molecule has 2 aliphatic heterocycles. The molecule has 2 fully saturated rings. The van der Waals surface area contributed by atoms with Crippen LogP contribution in [0.15, 0.2) is 41.4 Å². The molecular formula is C28H37F3N4O2. The van der Waals surface area contributed by atoms with E-state index in [0.717, 1.165) is 43.8 Å². The van der Waals surface area contributed by atoms with Gasteiger partial charge in [0.1, 0.15) is 18.3 Å². The number of rotatable bonds is 10. The molecule has 0 saturated carbocycles. The molecule has 0 radical (unpaired) electrons. The second kappa shape index (κ2) is 13.3. The van der Waals surface area contributed by atoms with Crippen molar-refractivity contribution in [3.05, 3.63) is 65.0 Å².